The summed E-state index contributed by atoms with van der Waals surface area (Å²) in [6.07, 6.45) is 45.8. The predicted octanol–water partition coefficient (Wildman–Crippen LogP) is 11.6. The zero-order chi connectivity index (χ0) is 37.5. The van der Waals surface area contributed by atoms with Gasteiger partial charge in [-0.2, -0.15) is 0 Å². The van der Waals surface area contributed by atoms with Gasteiger partial charge < -0.3 is 20.9 Å². The summed E-state index contributed by atoms with van der Waals surface area (Å²) in [5.41, 5.74) is 5.48. The minimum Gasteiger partial charge on any atom is -0.480 e. The van der Waals surface area contributed by atoms with Gasteiger partial charge in [-0.3, -0.25) is 9.59 Å². The largest absolute Gasteiger partial charge is 0.480 e. The molecule has 0 aromatic carbocycles. The van der Waals surface area contributed by atoms with Gasteiger partial charge in [0.25, 0.3) is 0 Å². The highest BCUT2D eigenvalue weighted by Crippen LogP contribution is 2.18. The molecule has 0 radical (unpaired) electrons. The first-order valence-corrected chi connectivity index (χ1v) is 21.0. The molecule has 0 saturated heterocycles. The number of unbranched alkanes of at least 4 members (excludes halogenated alkanes) is 15. The monoisotopic (exact) mass is 715 g/mol. The number of carboxylic acid groups (broad SMARTS) is 1. The number of carbonyl (C=O) groups excluding carboxylic acids is 2. The van der Waals surface area contributed by atoms with Crippen molar-refractivity contribution in [2.75, 3.05) is 6.54 Å². The molecule has 0 aromatic rings. The van der Waals surface area contributed by atoms with Crippen molar-refractivity contribution in [1.29, 1.82) is 0 Å². The Morgan fingerprint density at radius 3 is 1.63 bits per heavy atom. The normalized spacial score (nSPS) is 13.2. The number of amides is 1. The van der Waals surface area contributed by atoms with E-state index in [1.807, 2.05) is 0 Å². The van der Waals surface area contributed by atoms with Crippen molar-refractivity contribution in [1.82, 2.24) is 5.32 Å². The average molecular weight is 715 g/mol. The van der Waals surface area contributed by atoms with E-state index in [1.54, 1.807) is 0 Å². The van der Waals surface area contributed by atoms with Crippen LogP contribution in [0.15, 0.2) is 48.6 Å². The highest BCUT2D eigenvalue weighted by atomic mass is 16.5. The van der Waals surface area contributed by atoms with Gasteiger partial charge in [0.05, 0.1) is 0 Å². The SMILES string of the molecule is CC/C=C\C/C=C\C/C=C\C/C=C\CCCCC(CCCCCCCC(=O)NC(CCCN)C(=O)O)OC(=O)CCCCCCCCCCCC. The molecule has 0 heterocycles. The molecule has 1 amide bonds. The standard InChI is InChI=1S/C44H78N2O5/c1-3-5-7-9-11-13-15-16-17-18-19-20-22-25-29-34-40(51-43(48)38-32-28-23-21-14-12-10-8-6-4-2)35-30-26-24-27-31-37-42(47)46-41(44(49)50)36-33-39-45/h5,7,11,13,16-17,19-20,40-41H,3-4,6,8-10,12,14-15,18,21-39,45H2,1-2H3,(H,46,47)(H,49,50)/b7-5-,13-11-,17-16-,20-19-. The van der Waals surface area contributed by atoms with E-state index >= 15 is 0 Å². The third-order valence-corrected chi connectivity index (χ3v) is 9.16. The lowest BCUT2D eigenvalue weighted by molar-refractivity contribution is -0.150. The summed E-state index contributed by atoms with van der Waals surface area (Å²) >= 11 is 0. The summed E-state index contributed by atoms with van der Waals surface area (Å²) in [5, 5.41) is 11.9. The number of allylic oxidation sites excluding steroid dienone is 8. The summed E-state index contributed by atoms with van der Waals surface area (Å²) in [6, 6.07) is -0.861. The molecule has 7 heteroatoms. The first-order chi connectivity index (χ1) is 24.9. The van der Waals surface area contributed by atoms with Crippen LogP contribution in [0.2, 0.25) is 0 Å². The third-order valence-electron chi connectivity index (χ3n) is 9.16. The summed E-state index contributed by atoms with van der Waals surface area (Å²) in [4.78, 5) is 36.3. The van der Waals surface area contributed by atoms with Crippen molar-refractivity contribution in [2.24, 2.45) is 5.73 Å². The second kappa shape index (κ2) is 38.6. The highest BCUT2D eigenvalue weighted by Gasteiger charge is 2.19. The van der Waals surface area contributed by atoms with Crippen LogP contribution in [-0.2, 0) is 19.1 Å². The maximum atomic E-state index is 12.7. The van der Waals surface area contributed by atoms with Crippen LogP contribution in [0.3, 0.4) is 0 Å². The lowest BCUT2D eigenvalue weighted by Crippen LogP contribution is -2.40. The molecular formula is C44H78N2O5. The highest BCUT2D eigenvalue weighted by molar-refractivity contribution is 5.83. The number of esters is 1. The predicted molar refractivity (Wildman–Crippen MR) is 216 cm³/mol. The van der Waals surface area contributed by atoms with Crippen LogP contribution in [0.25, 0.3) is 0 Å². The Balaban J connectivity index is 4.43. The Kier molecular flexibility index (Phi) is 36.5. The maximum Gasteiger partial charge on any atom is 0.326 e. The van der Waals surface area contributed by atoms with Gasteiger partial charge in [-0.1, -0.05) is 140 Å². The molecule has 294 valence electrons. The molecule has 2 atom stereocenters. The smallest absolute Gasteiger partial charge is 0.326 e. The first kappa shape index (κ1) is 48.3. The number of aliphatic carboxylic acids is 1. The van der Waals surface area contributed by atoms with Crippen molar-refractivity contribution in [3.8, 4) is 0 Å². The van der Waals surface area contributed by atoms with E-state index in [9.17, 15) is 19.5 Å². The molecule has 0 saturated carbocycles. The van der Waals surface area contributed by atoms with Crippen LogP contribution in [0.1, 0.15) is 194 Å². The summed E-state index contributed by atoms with van der Waals surface area (Å²) in [6.45, 7) is 4.81. The first-order valence-electron chi connectivity index (χ1n) is 21.0. The van der Waals surface area contributed by atoms with Crippen LogP contribution in [-0.4, -0.2) is 41.6 Å². The molecular weight excluding hydrogens is 636 g/mol. The number of nitrogens with one attached hydrogen (secondary N) is 1. The van der Waals surface area contributed by atoms with E-state index in [2.05, 4.69) is 67.8 Å². The molecule has 0 bridgehead atoms. The lowest BCUT2D eigenvalue weighted by Gasteiger charge is -2.18. The van der Waals surface area contributed by atoms with Gasteiger partial charge in [0.1, 0.15) is 12.1 Å². The topological polar surface area (TPSA) is 119 Å². The summed E-state index contributed by atoms with van der Waals surface area (Å²) in [7, 11) is 0. The minimum atomic E-state index is -1.01. The fourth-order valence-electron chi connectivity index (χ4n) is 6.03. The van der Waals surface area contributed by atoms with E-state index in [-0.39, 0.29) is 18.0 Å². The van der Waals surface area contributed by atoms with Crippen LogP contribution in [0.5, 0.6) is 0 Å². The van der Waals surface area contributed by atoms with Crippen LogP contribution in [0, 0.1) is 0 Å². The van der Waals surface area contributed by atoms with Gasteiger partial charge in [0, 0.05) is 12.8 Å². The van der Waals surface area contributed by atoms with E-state index in [1.165, 1.54) is 51.4 Å². The van der Waals surface area contributed by atoms with E-state index in [0.29, 0.717) is 32.2 Å². The molecule has 0 aliphatic carbocycles. The molecule has 0 aliphatic heterocycles. The van der Waals surface area contributed by atoms with E-state index < -0.39 is 12.0 Å². The third kappa shape index (κ3) is 35.5. The molecule has 4 N–H and O–H groups in total. The van der Waals surface area contributed by atoms with Gasteiger partial charge in [-0.25, -0.2) is 4.79 Å². The fourth-order valence-corrected chi connectivity index (χ4v) is 6.03. The molecule has 0 aromatic heterocycles. The Morgan fingerprint density at radius 1 is 0.588 bits per heavy atom. The molecule has 0 aliphatic rings. The van der Waals surface area contributed by atoms with Crippen molar-refractivity contribution in [3.63, 3.8) is 0 Å². The molecule has 51 heavy (non-hydrogen) atoms. The molecule has 0 fully saturated rings. The fraction of sp³-hybridized carbons (Fsp3) is 0.750. The van der Waals surface area contributed by atoms with Crippen LogP contribution < -0.4 is 11.1 Å². The molecule has 0 spiro atoms. The average Bonchev–Trinajstić information content (AvgIpc) is 3.11. The zero-order valence-corrected chi connectivity index (χ0v) is 32.9. The van der Waals surface area contributed by atoms with Crippen LogP contribution >= 0.6 is 0 Å². The van der Waals surface area contributed by atoms with E-state index in [4.69, 9.17) is 10.5 Å². The second-order valence-corrected chi connectivity index (χ2v) is 14.0. The summed E-state index contributed by atoms with van der Waals surface area (Å²) < 4.78 is 6.01. The minimum absolute atomic E-state index is 0.0229. The quantitative estimate of drug-likeness (QED) is 0.0335. The van der Waals surface area contributed by atoms with Gasteiger partial charge in [-0.15, -0.1) is 0 Å². The lowest BCUT2D eigenvalue weighted by atomic mass is 10.0. The Bertz CT molecular complexity index is 942. The molecule has 0 rings (SSSR count). The number of ether oxygens (including phenoxy) is 1. The molecule has 7 nitrogen and oxygen atoms in total. The Morgan fingerprint density at radius 2 is 1.08 bits per heavy atom. The van der Waals surface area contributed by atoms with Gasteiger partial charge in [0.15, 0.2) is 0 Å². The van der Waals surface area contributed by atoms with Crippen molar-refractivity contribution in [3.05, 3.63) is 48.6 Å². The number of rotatable bonds is 37. The second-order valence-electron chi connectivity index (χ2n) is 14.0. The van der Waals surface area contributed by atoms with Crippen LogP contribution in [0.4, 0.5) is 0 Å². The van der Waals surface area contributed by atoms with Gasteiger partial charge >= 0.3 is 11.9 Å². The number of nitrogens with two attached hydrogens (primary N) is 1. The van der Waals surface area contributed by atoms with E-state index in [0.717, 1.165) is 103 Å². The molecule has 2 unspecified atom stereocenters. The zero-order valence-electron chi connectivity index (χ0n) is 32.9. The van der Waals surface area contributed by atoms with Crippen molar-refractivity contribution >= 4 is 17.8 Å². The maximum absolute atomic E-state index is 12.7. The Hall–Kier alpha value is -2.67. The van der Waals surface area contributed by atoms with Gasteiger partial charge in [0.2, 0.25) is 5.91 Å². The number of hydrogen-bond donors (Lipinski definition) is 3. The number of hydrogen-bond acceptors (Lipinski definition) is 5. The number of carboxylic acids is 1. The summed E-state index contributed by atoms with van der Waals surface area (Å²) in [5.74, 6) is -1.26. The van der Waals surface area contributed by atoms with Gasteiger partial charge in [-0.05, 0) is 96.4 Å². The number of carbonyl (C=O) groups is 3. The van der Waals surface area contributed by atoms with Crippen molar-refractivity contribution in [2.45, 2.75) is 206 Å². The van der Waals surface area contributed by atoms with Crippen molar-refractivity contribution < 1.29 is 24.2 Å². The Labute approximate surface area is 313 Å².